The molecule has 188 valence electrons. The fourth-order valence-corrected chi connectivity index (χ4v) is 4.38. The molecule has 1 unspecified atom stereocenters. The molecule has 0 aromatic heterocycles. The van der Waals surface area contributed by atoms with Gasteiger partial charge in [-0.25, -0.2) is 0 Å². The SMILES string of the molecule is COc1cccc(C=N[C@H]2[C@@H](OCc3ccccc3)O[C@@H]3COC(c4ccccc4)O[C@H]3[C@@H]2O)c1O. The first kappa shape index (κ1) is 24.4. The van der Waals surface area contributed by atoms with E-state index in [1.54, 1.807) is 18.2 Å². The quantitative estimate of drug-likeness (QED) is 0.487. The number of benzene rings is 3. The standard InChI is InChI=1S/C28H29NO7/c1-32-21-14-8-13-20(24(21)30)15-29-23-25(31)26-22(17-34-27(36-26)19-11-6-3-7-12-19)35-28(23)33-16-18-9-4-2-5-10-18/h2-15,22-23,25-28,30-31H,16-17H2,1H3/t22-,23-,25-,26-,27?,28+/m1/s1. The van der Waals surface area contributed by atoms with Gasteiger partial charge >= 0.3 is 0 Å². The van der Waals surface area contributed by atoms with Gasteiger partial charge in [-0.3, -0.25) is 4.99 Å². The van der Waals surface area contributed by atoms with E-state index in [2.05, 4.69) is 4.99 Å². The molecule has 2 saturated heterocycles. The van der Waals surface area contributed by atoms with Crippen LogP contribution in [0.2, 0.25) is 0 Å². The summed E-state index contributed by atoms with van der Waals surface area (Å²) in [5.41, 5.74) is 2.26. The Labute approximate surface area is 209 Å². The molecule has 2 aliphatic rings. The number of hydrogen-bond donors (Lipinski definition) is 2. The van der Waals surface area contributed by atoms with Crippen LogP contribution in [-0.2, 0) is 25.6 Å². The molecule has 8 nitrogen and oxygen atoms in total. The van der Waals surface area contributed by atoms with Gasteiger partial charge < -0.3 is 33.9 Å². The van der Waals surface area contributed by atoms with Gasteiger partial charge in [0.05, 0.1) is 20.3 Å². The highest BCUT2D eigenvalue weighted by atomic mass is 16.7. The van der Waals surface area contributed by atoms with E-state index in [-0.39, 0.29) is 19.0 Å². The number of phenolic OH excluding ortho intramolecular Hbond substituents is 1. The third kappa shape index (κ3) is 5.28. The van der Waals surface area contributed by atoms with Gasteiger partial charge in [-0.15, -0.1) is 0 Å². The van der Waals surface area contributed by atoms with Crippen LogP contribution in [0.5, 0.6) is 11.5 Å². The van der Waals surface area contributed by atoms with Gasteiger partial charge in [-0.2, -0.15) is 0 Å². The van der Waals surface area contributed by atoms with Gasteiger partial charge in [0.15, 0.2) is 24.1 Å². The molecule has 0 amide bonds. The highest BCUT2D eigenvalue weighted by molar-refractivity contribution is 5.85. The summed E-state index contributed by atoms with van der Waals surface area (Å²) in [7, 11) is 1.48. The molecule has 0 saturated carbocycles. The minimum Gasteiger partial charge on any atom is -0.504 e. The van der Waals surface area contributed by atoms with Gasteiger partial charge in [0.2, 0.25) is 0 Å². The lowest BCUT2D eigenvalue weighted by Crippen LogP contribution is -2.61. The van der Waals surface area contributed by atoms with Crippen molar-refractivity contribution in [2.75, 3.05) is 13.7 Å². The number of phenols is 1. The summed E-state index contributed by atoms with van der Waals surface area (Å²) in [4.78, 5) is 4.59. The molecule has 2 heterocycles. The summed E-state index contributed by atoms with van der Waals surface area (Å²) < 4.78 is 29.5. The average Bonchev–Trinajstić information content (AvgIpc) is 2.93. The molecule has 6 atom stereocenters. The second kappa shape index (κ2) is 11.2. The molecular formula is C28H29NO7. The zero-order chi connectivity index (χ0) is 24.9. The highest BCUT2D eigenvalue weighted by Crippen LogP contribution is 2.36. The van der Waals surface area contributed by atoms with E-state index in [1.807, 2.05) is 60.7 Å². The van der Waals surface area contributed by atoms with Crippen molar-refractivity contribution in [2.45, 2.75) is 43.5 Å². The Morgan fingerprint density at radius 2 is 1.72 bits per heavy atom. The molecule has 0 radical (unpaired) electrons. The van der Waals surface area contributed by atoms with E-state index in [0.717, 1.165) is 11.1 Å². The van der Waals surface area contributed by atoms with E-state index >= 15 is 0 Å². The summed E-state index contributed by atoms with van der Waals surface area (Å²) in [6, 6.07) is 23.5. The molecule has 2 N–H and O–H groups in total. The van der Waals surface area contributed by atoms with Gasteiger partial charge in [0.25, 0.3) is 0 Å². The van der Waals surface area contributed by atoms with Crippen molar-refractivity contribution < 1.29 is 33.9 Å². The maximum Gasteiger partial charge on any atom is 0.184 e. The number of para-hydroxylation sites is 1. The predicted octanol–water partition coefficient (Wildman–Crippen LogP) is 3.61. The third-order valence-corrected chi connectivity index (χ3v) is 6.30. The van der Waals surface area contributed by atoms with Crippen LogP contribution in [0.3, 0.4) is 0 Å². The van der Waals surface area contributed by atoms with Gasteiger partial charge in [-0.05, 0) is 17.7 Å². The Hall–Kier alpha value is -3.27. The smallest absolute Gasteiger partial charge is 0.184 e. The average molecular weight is 492 g/mol. The number of aliphatic imine (C=N–C) groups is 1. The number of aromatic hydroxyl groups is 1. The van der Waals surface area contributed by atoms with E-state index in [1.165, 1.54) is 13.3 Å². The van der Waals surface area contributed by atoms with E-state index in [4.69, 9.17) is 23.7 Å². The lowest BCUT2D eigenvalue weighted by molar-refractivity contribution is -0.343. The molecule has 2 fully saturated rings. The minimum absolute atomic E-state index is 0.0407. The molecule has 3 aromatic carbocycles. The Kier molecular flexibility index (Phi) is 7.60. The molecule has 8 heteroatoms. The number of aliphatic hydroxyl groups excluding tert-OH is 1. The van der Waals surface area contributed by atoms with Crippen LogP contribution in [0, 0.1) is 0 Å². The first-order valence-corrected chi connectivity index (χ1v) is 11.8. The van der Waals surface area contributed by atoms with Crippen LogP contribution in [0.1, 0.15) is 23.0 Å². The van der Waals surface area contributed by atoms with Crippen LogP contribution < -0.4 is 4.74 Å². The normalized spacial score (nSPS) is 28.1. The lowest BCUT2D eigenvalue weighted by Gasteiger charge is -2.46. The topological polar surface area (TPSA) is 99.0 Å². The van der Waals surface area contributed by atoms with Crippen molar-refractivity contribution >= 4 is 6.21 Å². The summed E-state index contributed by atoms with van der Waals surface area (Å²) >= 11 is 0. The van der Waals surface area contributed by atoms with Crippen molar-refractivity contribution in [2.24, 2.45) is 4.99 Å². The second-order valence-electron chi connectivity index (χ2n) is 8.67. The van der Waals surface area contributed by atoms with Crippen LogP contribution in [0.25, 0.3) is 0 Å². The van der Waals surface area contributed by atoms with Crippen molar-refractivity contribution in [3.05, 3.63) is 95.6 Å². The van der Waals surface area contributed by atoms with Crippen molar-refractivity contribution in [3.63, 3.8) is 0 Å². The second-order valence-corrected chi connectivity index (χ2v) is 8.67. The molecule has 0 spiro atoms. The minimum atomic E-state index is -1.04. The Morgan fingerprint density at radius 1 is 0.972 bits per heavy atom. The number of aliphatic hydroxyl groups is 1. The highest BCUT2D eigenvalue weighted by Gasteiger charge is 2.49. The van der Waals surface area contributed by atoms with Crippen LogP contribution in [-0.4, -0.2) is 60.8 Å². The Morgan fingerprint density at radius 3 is 2.47 bits per heavy atom. The summed E-state index contributed by atoms with van der Waals surface area (Å²) in [6.07, 6.45) is -2.24. The maximum absolute atomic E-state index is 11.4. The fraction of sp³-hybridized carbons (Fsp3) is 0.321. The zero-order valence-electron chi connectivity index (χ0n) is 19.8. The van der Waals surface area contributed by atoms with E-state index in [0.29, 0.717) is 11.3 Å². The molecule has 36 heavy (non-hydrogen) atoms. The number of hydrogen-bond acceptors (Lipinski definition) is 8. The van der Waals surface area contributed by atoms with Crippen molar-refractivity contribution in [3.8, 4) is 11.5 Å². The largest absolute Gasteiger partial charge is 0.504 e. The number of fused-ring (bicyclic) bond motifs is 1. The Bertz CT molecular complexity index is 1160. The number of methoxy groups -OCH3 is 1. The van der Waals surface area contributed by atoms with Crippen molar-refractivity contribution in [1.29, 1.82) is 0 Å². The Balaban J connectivity index is 1.39. The molecule has 0 aliphatic carbocycles. The number of nitrogens with zero attached hydrogens (tertiary/aromatic N) is 1. The monoisotopic (exact) mass is 491 g/mol. The third-order valence-electron chi connectivity index (χ3n) is 6.30. The first-order valence-electron chi connectivity index (χ1n) is 11.8. The van der Waals surface area contributed by atoms with Gasteiger partial charge in [0, 0.05) is 17.3 Å². The van der Waals surface area contributed by atoms with E-state index < -0.39 is 36.9 Å². The molecule has 3 aromatic rings. The van der Waals surface area contributed by atoms with Crippen molar-refractivity contribution in [1.82, 2.24) is 0 Å². The fourth-order valence-electron chi connectivity index (χ4n) is 4.38. The summed E-state index contributed by atoms with van der Waals surface area (Å²) in [6.45, 7) is 0.514. The first-order chi connectivity index (χ1) is 17.6. The van der Waals surface area contributed by atoms with Crippen LogP contribution in [0.15, 0.2) is 83.9 Å². The number of ether oxygens (including phenoxy) is 5. The van der Waals surface area contributed by atoms with E-state index in [9.17, 15) is 10.2 Å². The summed E-state index contributed by atoms with van der Waals surface area (Å²) in [5.74, 6) is 0.288. The predicted molar refractivity (Wildman–Crippen MR) is 132 cm³/mol. The number of rotatable bonds is 7. The summed E-state index contributed by atoms with van der Waals surface area (Å²) in [5, 5.41) is 21.9. The maximum atomic E-state index is 11.4. The molecule has 0 bridgehead atoms. The zero-order valence-corrected chi connectivity index (χ0v) is 19.8. The van der Waals surface area contributed by atoms with Crippen LogP contribution >= 0.6 is 0 Å². The van der Waals surface area contributed by atoms with Crippen LogP contribution in [0.4, 0.5) is 0 Å². The molecule has 2 aliphatic heterocycles. The van der Waals surface area contributed by atoms with Gasteiger partial charge in [0.1, 0.15) is 24.4 Å². The molecule has 5 rings (SSSR count). The molecular weight excluding hydrogens is 462 g/mol. The van der Waals surface area contributed by atoms with Gasteiger partial charge in [-0.1, -0.05) is 66.7 Å². The lowest BCUT2D eigenvalue weighted by atomic mass is 9.96.